The van der Waals surface area contributed by atoms with Crippen molar-refractivity contribution < 1.29 is 9.32 Å². The van der Waals surface area contributed by atoms with Crippen molar-refractivity contribution in [2.24, 2.45) is 0 Å². The molecule has 1 heterocycles. The van der Waals surface area contributed by atoms with Crippen molar-refractivity contribution in [3.8, 4) is 0 Å². The predicted molar refractivity (Wildman–Crippen MR) is 79.7 cm³/mol. The zero-order chi connectivity index (χ0) is 15.2. The molecule has 0 saturated heterocycles. The van der Waals surface area contributed by atoms with Gasteiger partial charge in [-0.2, -0.15) is 4.98 Å². The largest absolute Gasteiger partial charge is 0.352 e. The first-order chi connectivity index (χ1) is 10.0. The molecule has 1 N–H and O–H groups in total. The van der Waals surface area contributed by atoms with E-state index in [4.69, 9.17) is 4.52 Å². The van der Waals surface area contributed by atoms with Gasteiger partial charge in [0, 0.05) is 25.3 Å². The highest BCUT2D eigenvalue weighted by molar-refractivity contribution is 5.76. The van der Waals surface area contributed by atoms with E-state index in [0.29, 0.717) is 31.1 Å². The van der Waals surface area contributed by atoms with Gasteiger partial charge in [-0.05, 0) is 12.5 Å². The topological polar surface area (TPSA) is 68.0 Å². The fourth-order valence-electron chi connectivity index (χ4n) is 1.82. The molecule has 2 rings (SSSR count). The highest BCUT2D eigenvalue weighted by Gasteiger charge is 2.11. The Morgan fingerprint density at radius 2 is 2.00 bits per heavy atom. The van der Waals surface area contributed by atoms with Crippen molar-refractivity contribution in [3.63, 3.8) is 0 Å². The lowest BCUT2D eigenvalue weighted by Crippen LogP contribution is -2.23. The summed E-state index contributed by atoms with van der Waals surface area (Å²) in [5.74, 6) is 1.42. The highest BCUT2D eigenvalue weighted by atomic mass is 16.5. The summed E-state index contributed by atoms with van der Waals surface area (Å²) in [6, 6.07) is 8.10. The summed E-state index contributed by atoms with van der Waals surface area (Å²) in [4.78, 5) is 16.0. The standard InChI is InChI=1S/C16H21N3O2/c1-11(2)16-18-15(21-19-16)9-8-14(20)17-10-13-6-4-12(3)5-7-13/h4-7,11H,8-10H2,1-3H3,(H,17,20). The number of aromatic nitrogens is 2. The Morgan fingerprint density at radius 1 is 1.29 bits per heavy atom. The number of hydrogen-bond donors (Lipinski definition) is 1. The Bertz CT molecular complexity index is 588. The van der Waals surface area contributed by atoms with Crippen molar-refractivity contribution in [1.82, 2.24) is 15.5 Å². The van der Waals surface area contributed by atoms with Gasteiger partial charge in [0.2, 0.25) is 11.8 Å². The summed E-state index contributed by atoms with van der Waals surface area (Å²) >= 11 is 0. The van der Waals surface area contributed by atoms with E-state index in [2.05, 4.69) is 15.5 Å². The molecule has 1 amide bonds. The van der Waals surface area contributed by atoms with E-state index < -0.39 is 0 Å². The molecule has 1 aromatic heterocycles. The second kappa shape index (κ2) is 7.02. The van der Waals surface area contributed by atoms with E-state index in [0.717, 1.165) is 5.56 Å². The number of nitrogens with zero attached hydrogens (tertiary/aromatic N) is 2. The van der Waals surface area contributed by atoms with E-state index in [-0.39, 0.29) is 11.8 Å². The van der Waals surface area contributed by atoms with E-state index in [1.165, 1.54) is 5.56 Å². The normalized spacial score (nSPS) is 10.9. The van der Waals surface area contributed by atoms with Gasteiger partial charge in [0.15, 0.2) is 5.82 Å². The zero-order valence-corrected chi connectivity index (χ0v) is 12.7. The van der Waals surface area contributed by atoms with E-state index in [9.17, 15) is 4.79 Å². The van der Waals surface area contributed by atoms with Crippen molar-refractivity contribution in [2.45, 2.75) is 46.1 Å². The SMILES string of the molecule is Cc1ccc(CNC(=O)CCc2nc(C(C)C)no2)cc1. The monoisotopic (exact) mass is 287 g/mol. The maximum atomic E-state index is 11.8. The van der Waals surface area contributed by atoms with E-state index in [1.807, 2.05) is 45.0 Å². The third kappa shape index (κ3) is 4.70. The molecule has 1 aromatic carbocycles. The van der Waals surface area contributed by atoms with Crippen molar-refractivity contribution >= 4 is 5.91 Å². The fourth-order valence-corrected chi connectivity index (χ4v) is 1.82. The van der Waals surface area contributed by atoms with Gasteiger partial charge in [-0.1, -0.05) is 48.8 Å². The Kier molecular flexibility index (Phi) is 5.09. The minimum Gasteiger partial charge on any atom is -0.352 e. The lowest BCUT2D eigenvalue weighted by molar-refractivity contribution is -0.121. The van der Waals surface area contributed by atoms with Crippen LogP contribution in [0.1, 0.15) is 49.0 Å². The first kappa shape index (κ1) is 15.2. The zero-order valence-electron chi connectivity index (χ0n) is 12.7. The Morgan fingerprint density at radius 3 is 2.62 bits per heavy atom. The fraction of sp³-hybridized carbons (Fsp3) is 0.438. The van der Waals surface area contributed by atoms with Crippen LogP contribution in [0.4, 0.5) is 0 Å². The number of carbonyl (C=O) groups is 1. The molecule has 0 spiro atoms. The molecule has 0 unspecified atom stereocenters. The lowest BCUT2D eigenvalue weighted by Gasteiger charge is -2.04. The van der Waals surface area contributed by atoms with Crippen LogP contribution in [-0.4, -0.2) is 16.0 Å². The number of carbonyl (C=O) groups excluding carboxylic acids is 1. The number of nitrogens with one attached hydrogen (secondary N) is 1. The molecule has 2 aromatic rings. The molecule has 0 aliphatic heterocycles. The third-order valence-corrected chi connectivity index (χ3v) is 3.18. The lowest BCUT2D eigenvalue weighted by atomic mass is 10.1. The van der Waals surface area contributed by atoms with Crippen LogP contribution in [0.25, 0.3) is 0 Å². The molecule has 5 nitrogen and oxygen atoms in total. The van der Waals surface area contributed by atoms with Crippen LogP contribution in [0, 0.1) is 6.92 Å². The third-order valence-electron chi connectivity index (χ3n) is 3.18. The van der Waals surface area contributed by atoms with Crippen molar-refractivity contribution in [3.05, 3.63) is 47.1 Å². The van der Waals surface area contributed by atoms with Crippen molar-refractivity contribution in [2.75, 3.05) is 0 Å². The molecule has 0 aliphatic rings. The first-order valence-electron chi connectivity index (χ1n) is 7.19. The molecule has 0 bridgehead atoms. The summed E-state index contributed by atoms with van der Waals surface area (Å²) in [5.41, 5.74) is 2.30. The average Bonchev–Trinajstić information content (AvgIpc) is 2.93. The van der Waals surface area contributed by atoms with E-state index >= 15 is 0 Å². The molecule has 0 aliphatic carbocycles. The molecular weight excluding hydrogens is 266 g/mol. The number of amides is 1. The minimum atomic E-state index is -0.0140. The van der Waals surface area contributed by atoms with Gasteiger partial charge in [-0.3, -0.25) is 4.79 Å². The van der Waals surface area contributed by atoms with Crippen LogP contribution in [-0.2, 0) is 17.8 Å². The predicted octanol–water partition coefficient (Wildman–Crippen LogP) is 2.75. The number of benzene rings is 1. The van der Waals surface area contributed by atoms with Gasteiger partial charge < -0.3 is 9.84 Å². The summed E-state index contributed by atoms with van der Waals surface area (Å²) in [6.45, 7) is 6.59. The van der Waals surface area contributed by atoms with Gasteiger partial charge in [-0.15, -0.1) is 0 Å². The number of rotatable bonds is 6. The van der Waals surface area contributed by atoms with E-state index in [1.54, 1.807) is 0 Å². The summed E-state index contributed by atoms with van der Waals surface area (Å²) in [7, 11) is 0. The maximum absolute atomic E-state index is 11.8. The Balaban J connectivity index is 1.75. The average molecular weight is 287 g/mol. The molecule has 0 fully saturated rings. The van der Waals surface area contributed by atoms with Gasteiger partial charge >= 0.3 is 0 Å². The molecular formula is C16H21N3O2. The Hall–Kier alpha value is -2.17. The van der Waals surface area contributed by atoms with Gasteiger partial charge in [-0.25, -0.2) is 0 Å². The molecule has 5 heteroatoms. The molecule has 0 atom stereocenters. The maximum Gasteiger partial charge on any atom is 0.227 e. The minimum absolute atomic E-state index is 0.0140. The van der Waals surface area contributed by atoms with Gasteiger partial charge in [0.05, 0.1) is 0 Å². The molecule has 0 radical (unpaired) electrons. The number of hydrogen-bond acceptors (Lipinski definition) is 4. The van der Waals surface area contributed by atoms with Crippen LogP contribution in [0.15, 0.2) is 28.8 Å². The quantitative estimate of drug-likeness (QED) is 0.887. The smallest absolute Gasteiger partial charge is 0.227 e. The Labute approximate surface area is 124 Å². The van der Waals surface area contributed by atoms with Gasteiger partial charge in [0.1, 0.15) is 0 Å². The summed E-state index contributed by atoms with van der Waals surface area (Å²) in [6.07, 6.45) is 0.824. The van der Waals surface area contributed by atoms with Crippen LogP contribution in [0.3, 0.4) is 0 Å². The second-order valence-corrected chi connectivity index (χ2v) is 5.46. The molecule has 112 valence electrons. The van der Waals surface area contributed by atoms with Crippen LogP contribution in [0.2, 0.25) is 0 Å². The summed E-state index contributed by atoms with van der Waals surface area (Å²) in [5, 5.41) is 6.77. The second-order valence-electron chi connectivity index (χ2n) is 5.46. The first-order valence-corrected chi connectivity index (χ1v) is 7.19. The molecule has 0 saturated carbocycles. The number of aryl methyl sites for hydroxylation is 2. The molecule has 21 heavy (non-hydrogen) atoms. The summed E-state index contributed by atoms with van der Waals surface area (Å²) < 4.78 is 5.11. The van der Waals surface area contributed by atoms with Gasteiger partial charge in [0.25, 0.3) is 0 Å². The highest BCUT2D eigenvalue weighted by Crippen LogP contribution is 2.10. The van der Waals surface area contributed by atoms with Crippen LogP contribution in [0.5, 0.6) is 0 Å². The van der Waals surface area contributed by atoms with Crippen molar-refractivity contribution in [1.29, 1.82) is 0 Å². The van der Waals surface area contributed by atoms with Crippen LogP contribution >= 0.6 is 0 Å². The van der Waals surface area contributed by atoms with Crippen LogP contribution < -0.4 is 5.32 Å².